The van der Waals surface area contributed by atoms with Crippen LogP contribution in [-0.4, -0.2) is 54.4 Å². The van der Waals surface area contributed by atoms with Crippen molar-refractivity contribution in [2.24, 2.45) is 11.3 Å². The minimum absolute atomic E-state index is 0.203. The number of nitrogens with one attached hydrogen (secondary N) is 1. The Balaban J connectivity index is 3.02. The van der Waals surface area contributed by atoms with Gasteiger partial charge in [0.15, 0.2) is 6.29 Å². The molecule has 0 saturated carbocycles. The fraction of sp³-hybridized carbons (Fsp3) is 0.923. The molecular weight excluding hydrogens is 250 g/mol. The summed E-state index contributed by atoms with van der Waals surface area (Å²) in [6.07, 6.45) is -2.14. The van der Waals surface area contributed by atoms with Gasteiger partial charge >= 0.3 is 0 Å². The van der Waals surface area contributed by atoms with Crippen molar-refractivity contribution >= 4 is 5.91 Å². The molecule has 0 aromatic heterocycles. The molecule has 1 heterocycles. The van der Waals surface area contributed by atoms with Crippen LogP contribution in [0.5, 0.6) is 0 Å². The molecule has 1 aliphatic heterocycles. The third kappa shape index (κ3) is 3.66. The molecule has 0 spiro atoms. The Hall–Kier alpha value is -0.690. The molecule has 6 nitrogen and oxygen atoms in total. The molecular formula is C13H25NO5. The number of amides is 1. The minimum atomic E-state index is -0.847. The van der Waals surface area contributed by atoms with Gasteiger partial charge in [-0.2, -0.15) is 0 Å². The van der Waals surface area contributed by atoms with Crippen molar-refractivity contribution in [3.8, 4) is 0 Å². The number of carbonyl (C=O) groups excluding carboxylic acids is 1. The third-order valence-corrected chi connectivity index (χ3v) is 3.52. The first-order chi connectivity index (χ1) is 8.72. The maximum Gasteiger partial charge on any atom is 0.217 e. The molecule has 1 fully saturated rings. The summed E-state index contributed by atoms with van der Waals surface area (Å²) in [4.78, 5) is 11.2. The standard InChI is InChI=1S/C13H25NO5/c1-7(16)14-10-11(17)9(13(2,3)4)8(6-15)19-12(10)18-5/h8-12,15,17H,6H2,1-5H3,(H,14,16). The largest absolute Gasteiger partial charge is 0.394 e. The second-order valence-electron chi connectivity index (χ2n) is 6.07. The van der Waals surface area contributed by atoms with Gasteiger partial charge in [-0.05, 0) is 5.41 Å². The van der Waals surface area contributed by atoms with Gasteiger partial charge in [0.05, 0.1) is 18.8 Å². The number of rotatable bonds is 3. The zero-order valence-electron chi connectivity index (χ0n) is 12.2. The second-order valence-corrected chi connectivity index (χ2v) is 6.07. The second kappa shape index (κ2) is 6.17. The van der Waals surface area contributed by atoms with E-state index in [4.69, 9.17) is 9.47 Å². The number of aliphatic hydroxyl groups excluding tert-OH is 2. The van der Waals surface area contributed by atoms with E-state index in [2.05, 4.69) is 5.32 Å². The van der Waals surface area contributed by atoms with E-state index in [0.29, 0.717) is 0 Å². The summed E-state index contributed by atoms with van der Waals surface area (Å²) in [7, 11) is 1.44. The maximum absolute atomic E-state index is 11.2. The molecule has 1 rings (SSSR count). The van der Waals surface area contributed by atoms with Crippen LogP contribution in [-0.2, 0) is 14.3 Å². The van der Waals surface area contributed by atoms with Gasteiger partial charge in [-0.3, -0.25) is 4.79 Å². The molecule has 112 valence electrons. The molecule has 6 heteroatoms. The molecule has 5 atom stereocenters. The number of methoxy groups -OCH3 is 1. The molecule has 0 aromatic rings. The van der Waals surface area contributed by atoms with E-state index in [1.807, 2.05) is 20.8 Å². The number of hydrogen-bond donors (Lipinski definition) is 3. The van der Waals surface area contributed by atoms with Crippen LogP contribution in [0.1, 0.15) is 27.7 Å². The van der Waals surface area contributed by atoms with Gasteiger partial charge in [-0.1, -0.05) is 20.8 Å². The molecule has 3 N–H and O–H groups in total. The van der Waals surface area contributed by atoms with Crippen LogP contribution in [0.15, 0.2) is 0 Å². The van der Waals surface area contributed by atoms with Crippen molar-refractivity contribution in [1.82, 2.24) is 5.32 Å². The Morgan fingerprint density at radius 3 is 2.37 bits per heavy atom. The lowest BCUT2D eigenvalue weighted by Crippen LogP contribution is -2.64. The van der Waals surface area contributed by atoms with E-state index >= 15 is 0 Å². The van der Waals surface area contributed by atoms with Gasteiger partial charge in [0.1, 0.15) is 6.04 Å². The van der Waals surface area contributed by atoms with Gasteiger partial charge in [0.25, 0.3) is 0 Å². The van der Waals surface area contributed by atoms with E-state index < -0.39 is 24.5 Å². The lowest BCUT2D eigenvalue weighted by molar-refractivity contribution is -0.262. The topological polar surface area (TPSA) is 88.0 Å². The van der Waals surface area contributed by atoms with E-state index in [0.717, 1.165) is 0 Å². The molecule has 0 bridgehead atoms. The molecule has 19 heavy (non-hydrogen) atoms. The minimum Gasteiger partial charge on any atom is -0.394 e. The SMILES string of the molecule is COC1OC(CO)C(C(C)(C)C)C(O)C1NC(C)=O. The monoisotopic (exact) mass is 275 g/mol. The van der Waals surface area contributed by atoms with E-state index in [1.165, 1.54) is 14.0 Å². The van der Waals surface area contributed by atoms with Crippen LogP contribution in [0.2, 0.25) is 0 Å². The van der Waals surface area contributed by atoms with Gasteiger partial charge in [0, 0.05) is 20.0 Å². The summed E-state index contributed by atoms with van der Waals surface area (Å²) in [6, 6.07) is -0.644. The van der Waals surface area contributed by atoms with Gasteiger partial charge in [0.2, 0.25) is 5.91 Å². The van der Waals surface area contributed by atoms with Crippen LogP contribution in [0, 0.1) is 11.3 Å². The Bertz CT molecular complexity index is 315. The van der Waals surface area contributed by atoms with Crippen LogP contribution >= 0.6 is 0 Å². The molecule has 0 aromatic carbocycles. The molecule has 0 aliphatic carbocycles. The van der Waals surface area contributed by atoms with Crippen molar-refractivity contribution in [3.63, 3.8) is 0 Å². The summed E-state index contributed by atoms with van der Waals surface area (Å²) in [5, 5.41) is 22.6. The third-order valence-electron chi connectivity index (χ3n) is 3.52. The quantitative estimate of drug-likeness (QED) is 0.668. The fourth-order valence-electron chi connectivity index (χ4n) is 2.76. The van der Waals surface area contributed by atoms with E-state index in [1.54, 1.807) is 0 Å². The highest BCUT2D eigenvalue weighted by atomic mass is 16.7. The Morgan fingerprint density at radius 2 is 2.00 bits per heavy atom. The molecule has 1 aliphatic rings. The Kier molecular flexibility index (Phi) is 5.32. The van der Waals surface area contributed by atoms with Crippen LogP contribution in [0.4, 0.5) is 0 Å². The summed E-state index contributed by atoms with van der Waals surface area (Å²) < 4.78 is 10.8. The summed E-state index contributed by atoms with van der Waals surface area (Å²) >= 11 is 0. The number of aliphatic hydroxyl groups is 2. The van der Waals surface area contributed by atoms with Crippen molar-refractivity contribution < 1.29 is 24.5 Å². The Labute approximate surface area is 114 Å². The first-order valence-corrected chi connectivity index (χ1v) is 6.46. The average molecular weight is 275 g/mol. The van der Waals surface area contributed by atoms with E-state index in [-0.39, 0.29) is 23.8 Å². The first kappa shape index (κ1) is 16.4. The van der Waals surface area contributed by atoms with Gasteiger partial charge in [-0.25, -0.2) is 0 Å². The van der Waals surface area contributed by atoms with Crippen LogP contribution < -0.4 is 5.32 Å². The van der Waals surface area contributed by atoms with E-state index in [9.17, 15) is 15.0 Å². The van der Waals surface area contributed by atoms with Gasteiger partial charge in [-0.15, -0.1) is 0 Å². The van der Waals surface area contributed by atoms with Gasteiger partial charge < -0.3 is 25.0 Å². The number of ether oxygens (including phenoxy) is 2. The first-order valence-electron chi connectivity index (χ1n) is 6.46. The fourth-order valence-corrected chi connectivity index (χ4v) is 2.76. The summed E-state index contributed by atoms with van der Waals surface area (Å²) in [5.41, 5.74) is -0.276. The lowest BCUT2D eigenvalue weighted by atomic mass is 9.71. The normalized spacial score (nSPS) is 36.1. The van der Waals surface area contributed by atoms with Crippen LogP contribution in [0.25, 0.3) is 0 Å². The maximum atomic E-state index is 11.2. The lowest BCUT2D eigenvalue weighted by Gasteiger charge is -2.48. The Morgan fingerprint density at radius 1 is 1.42 bits per heavy atom. The predicted molar refractivity (Wildman–Crippen MR) is 69.3 cm³/mol. The molecule has 0 radical (unpaired) electrons. The highest BCUT2D eigenvalue weighted by Crippen LogP contribution is 2.38. The smallest absolute Gasteiger partial charge is 0.217 e. The highest BCUT2D eigenvalue weighted by molar-refractivity contribution is 5.73. The van der Waals surface area contributed by atoms with Crippen molar-refractivity contribution in [2.45, 2.75) is 52.2 Å². The average Bonchev–Trinajstić information content (AvgIpc) is 2.28. The van der Waals surface area contributed by atoms with Crippen molar-refractivity contribution in [3.05, 3.63) is 0 Å². The molecule has 1 saturated heterocycles. The number of hydrogen-bond acceptors (Lipinski definition) is 5. The summed E-state index contributed by atoms with van der Waals surface area (Å²) in [6.45, 7) is 7.07. The zero-order valence-corrected chi connectivity index (χ0v) is 12.2. The number of carbonyl (C=O) groups is 1. The highest BCUT2D eigenvalue weighted by Gasteiger charge is 2.49. The van der Waals surface area contributed by atoms with Crippen molar-refractivity contribution in [1.29, 1.82) is 0 Å². The zero-order chi connectivity index (χ0) is 14.8. The molecule has 1 amide bonds. The predicted octanol–water partition coefficient (Wildman–Crippen LogP) is -0.122. The van der Waals surface area contributed by atoms with Crippen LogP contribution in [0.3, 0.4) is 0 Å². The van der Waals surface area contributed by atoms with Crippen molar-refractivity contribution in [2.75, 3.05) is 13.7 Å². The molecule has 5 unspecified atom stereocenters. The summed E-state index contributed by atoms with van der Waals surface area (Å²) in [5.74, 6) is -0.564.